The molecule has 134 valence electrons. The van der Waals surface area contributed by atoms with E-state index in [0.29, 0.717) is 37.6 Å². The number of methoxy groups -OCH3 is 1. The Kier molecular flexibility index (Phi) is 8.29. The maximum atomic E-state index is 12.6. The van der Waals surface area contributed by atoms with Gasteiger partial charge in [0.25, 0.3) is 0 Å². The van der Waals surface area contributed by atoms with Crippen LogP contribution < -0.4 is 5.32 Å². The van der Waals surface area contributed by atoms with Gasteiger partial charge >= 0.3 is 0 Å². The first-order valence-corrected chi connectivity index (χ1v) is 8.22. The number of ether oxygens (including phenoxy) is 1. The van der Waals surface area contributed by atoms with Crippen LogP contribution in [0, 0.1) is 5.92 Å². The second-order valence-electron chi connectivity index (χ2n) is 6.78. The fourth-order valence-corrected chi connectivity index (χ4v) is 3.52. The molecule has 2 saturated heterocycles. The second kappa shape index (κ2) is 9.45. The van der Waals surface area contributed by atoms with Crippen molar-refractivity contribution in [2.45, 2.75) is 44.2 Å². The first kappa shape index (κ1) is 20.2. The van der Waals surface area contributed by atoms with Crippen molar-refractivity contribution < 1.29 is 14.3 Å². The normalized spacial score (nSPS) is 25.6. The van der Waals surface area contributed by atoms with Gasteiger partial charge in [0.05, 0.1) is 13.2 Å². The molecule has 0 aliphatic carbocycles. The number of rotatable bonds is 7. The van der Waals surface area contributed by atoms with Gasteiger partial charge < -0.3 is 19.9 Å². The molecule has 6 nitrogen and oxygen atoms in total. The maximum Gasteiger partial charge on any atom is 0.241 e. The molecule has 0 radical (unpaired) electrons. The number of likely N-dealkylation sites (N-methyl/N-ethyl adjacent to an activating group) is 1. The fourth-order valence-electron chi connectivity index (χ4n) is 3.52. The fraction of sp³-hybridized carbons (Fsp3) is 0.875. The molecule has 1 N–H and O–H groups in total. The van der Waals surface area contributed by atoms with E-state index in [-0.39, 0.29) is 30.8 Å². The summed E-state index contributed by atoms with van der Waals surface area (Å²) < 4.78 is 5.07. The lowest BCUT2D eigenvalue weighted by molar-refractivity contribution is -0.140. The quantitative estimate of drug-likeness (QED) is 0.743. The number of fused-ring (bicyclic) bond motifs is 2. The third kappa shape index (κ3) is 5.94. The average Bonchev–Trinajstić information content (AvgIpc) is 2.81. The van der Waals surface area contributed by atoms with Crippen molar-refractivity contribution in [2.75, 3.05) is 40.9 Å². The monoisotopic (exact) mass is 347 g/mol. The van der Waals surface area contributed by atoms with Crippen molar-refractivity contribution in [3.05, 3.63) is 0 Å². The van der Waals surface area contributed by atoms with Gasteiger partial charge in [0.15, 0.2) is 0 Å². The van der Waals surface area contributed by atoms with Crippen molar-refractivity contribution in [2.24, 2.45) is 5.92 Å². The van der Waals surface area contributed by atoms with Gasteiger partial charge in [-0.1, -0.05) is 0 Å². The molecule has 2 amide bonds. The summed E-state index contributed by atoms with van der Waals surface area (Å²) in [6.07, 6.45) is 5.20. The van der Waals surface area contributed by atoms with Gasteiger partial charge in [0.1, 0.15) is 0 Å². The van der Waals surface area contributed by atoms with Gasteiger partial charge in [-0.15, -0.1) is 12.4 Å². The molecule has 2 fully saturated rings. The number of nitrogens with one attached hydrogen (secondary N) is 1. The highest BCUT2D eigenvalue weighted by Gasteiger charge is 2.35. The van der Waals surface area contributed by atoms with Gasteiger partial charge in [-0.25, -0.2) is 0 Å². The van der Waals surface area contributed by atoms with Crippen LogP contribution in [0.3, 0.4) is 0 Å². The SMILES string of the molecule is COCCN(CC(=O)N(C)C)C(=O)CC1CC2CCC(C1)N2.Cl. The zero-order valence-electron chi connectivity index (χ0n) is 14.4. The molecule has 0 aromatic rings. The van der Waals surface area contributed by atoms with Crippen LogP contribution >= 0.6 is 12.4 Å². The smallest absolute Gasteiger partial charge is 0.241 e. The zero-order chi connectivity index (χ0) is 16.1. The molecule has 23 heavy (non-hydrogen) atoms. The predicted octanol–water partition coefficient (Wildman–Crippen LogP) is 0.892. The molecule has 2 aliphatic heterocycles. The zero-order valence-corrected chi connectivity index (χ0v) is 15.2. The molecule has 2 unspecified atom stereocenters. The molecule has 0 aromatic carbocycles. The van der Waals surface area contributed by atoms with Crippen LogP contribution in [0.15, 0.2) is 0 Å². The molecule has 2 bridgehead atoms. The molecule has 2 rings (SSSR count). The van der Waals surface area contributed by atoms with Crippen LogP contribution in [-0.2, 0) is 14.3 Å². The van der Waals surface area contributed by atoms with Crippen LogP contribution in [0.1, 0.15) is 32.1 Å². The van der Waals surface area contributed by atoms with E-state index in [2.05, 4.69) is 5.32 Å². The number of amides is 2. The third-order valence-electron chi connectivity index (χ3n) is 4.78. The number of halogens is 1. The van der Waals surface area contributed by atoms with Crippen molar-refractivity contribution in [1.29, 1.82) is 0 Å². The minimum absolute atomic E-state index is 0. The molecule has 2 aliphatic rings. The standard InChI is InChI=1S/C16H29N3O3.ClH/c1-18(2)16(21)11-19(6-7-22-3)15(20)10-12-8-13-4-5-14(9-12)17-13;/h12-14,17H,4-11H2,1-3H3;1H. The largest absolute Gasteiger partial charge is 0.383 e. The van der Waals surface area contributed by atoms with E-state index >= 15 is 0 Å². The van der Waals surface area contributed by atoms with Gasteiger partial charge in [-0.05, 0) is 31.6 Å². The lowest BCUT2D eigenvalue weighted by Crippen LogP contribution is -2.44. The van der Waals surface area contributed by atoms with Crippen LogP contribution in [0.2, 0.25) is 0 Å². The first-order chi connectivity index (χ1) is 10.5. The summed E-state index contributed by atoms with van der Waals surface area (Å²) in [6.45, 7) is 1.09. The van der Waals surface area contributed by atoms with Crippen molar-refractivity contribution in [3.63, 3.8) is 0 Å². The Hall–Kier alpha value is -0.850. The van der Waals surface area contributed by atoms with Crippen LogP contribution in [0.4, 0.5) is 0 Å². The van der Waals surface area contributed by atoms with Crippen molar-refractivity contribution in [3.8, 4) is 0 Å². The highest BCUT2D eigenvalue weighted by atomic mass is 35.5. The van der Waals surface area contributed by atoms with E-state index < -0.39 is 0 Å². The van der Waals surface area contributed by atoms with Crippen molar-refractivity contribution in [1.82, 2.24) is 15.1 Å². The number of carbonyl (C=O) groups is 2. The second-order valence-corrected chi connectivity index (χ2v) is 6.78. The average molecular weight is 348 g/mol. The summed E-state index contributed by atoms with van der Waals surface area (Å²) >= 11 is 0. The number of piperidine rings is 1. The van der Waals surface area contributed by atoms with E-state index in [9.17, 15) is 9.59 Å². The Morgan fingerprint density at radius 2 is 1.74 bits per heavy atom. The highest BCUT2D eigenvalue weighted by Crippen LogP contribution is 2.32. The number of carbonyl (C=O) groups excluding carboxylic acids is 2. The summed E-state index contributed by atoms with van der Waals surface area (Å²) in [5.41, 5.74) is 0. The molecule has 7 heteroatoms. The van der Waals surface area contributed by atoms with Crippen molar-refractivity contribution >= 4 is 24.2 Å². The molecule has 2 atom stereocenters. The molecule has 0 saturated carbocycles. The molecular weight excluding hydrogens is 318 g/mol. The molecule has 0 spiro atoms. The minimum atomic E-state index is -0.0465. The lowest BCUT2D eigenvalue weighted by Gasteiger charge is -2.31. The Morgan fingerprint density at radius 1 is 1.13 bits per heavy atom. The maximum absolute atomic E-state index is 12.6. The first-order valence-electron chi connectivity index (χ1n) is 8.22. The van der Waals surface area contributed by atoms with Gasteiger partial charge in [-0.3, -0.25) is 9.59 Å². The van der Waals surface area contributed by atoms with E-state index in [1.165, 1.54) is 17.7 Å². The topological polar surface area (TPSA) is 61.9 Å². The summed E-state index contributed by atoms with van der Waals surface area (Å²) in [5, 5.41) is 3.60. The van der Waals surface area contributed by atoms with Crippen LogP contribution in [0.5, 0.6) is 0 Å². The summed E-state index contributed by atoms with van der Waals surface area (Å²) in [7, 11) is 5.04. The number of hydrogen-bond donors (Lipinski definition) is 1. The van der Waals surface area contributed by atoms with Crippen LogP contribution in [-0.4, -0.2) is 74.6 Å². The van der Waals surface area contributed by atoms with E-state index in [4.69, 9.17) is 4.74 Å². The Balaban J connectivity index is 0.00000264. The molecule has 0 aromatic heterocycles. The van der Waals surface area contributed by atoms with Crippen LogP contribution in [0.25, 0.3) is 0 Å². The third-order valence-corrected chi connectivity index (χ3v) is 4.78. The highest BCUT2D eigenvalue weighted by molar-refractivity contribution is 5.85. The van der Waals surface area contributed by atoms with E-state index in [1.54, 1.807) is 26.1 Å². The van der Waals surface area contributed by atoms with Gasteiger partial charge in [-0.2, -0.15) is 0 Å². The predicted molar refractivity (Wildman–Crippen MR) is 91.7 cm³/mol. The van der Waals surface area contributed by atoms with E-state index in [0.717, 1.165) is 12.8 Å². The molecular formula is C16H30ClN3O3. The Bertz CT molecular complexity index is 394. The Morgan fingerprint density at radius 3 is 2.26 bits per heavy atom. The minimum Gasteiger partial charge on any atom is -0.383 e. The summed E-state index contributed by atoms with van der Waals surface area (Å²) in [6, 6.07) is 1.18. The molecule has 2 heterocycles. The number of nitrogens with zero attached hydrogens (tertiary/aromatic N) is 2. The van der Waals surface area contributed by atoms with Gasteiger partial charge in [0, 0.05) is 46.3 Å². The van der Waals surface area contributed by atoms with E-state index in [1.807, 2.05) is 0 Å². The summed E-state index contributed by atoms with van der Waals surface area (Å²) in [5.74, 6) is 0.485. The lowest BCUT2D eigenvalue weighted by atomic mass is 9.89. The summed E-state index contributed by atoms with van der Waals surface area (Å²) in [4.78, 5) is 27.7. The number of hydrogen-bond acceptors (Lipinski definition) is 4. The van der Waals surface area contributed by atoms with Gasteiger partial charge in [0.2, 0.25) is 11.8 Å². The Labute approximate surface area is 145 Å².